The van der Waals surface area contributed by atoms with Crippen molar-refractivity contribution >= 4 is 40.7 Å². The van der Waals surface area contributed by atoms with Crippen LogP contribution < -0.4 is 5.32 Å². The van der Waals surface area contributed by atoms with Gasteiger partial charge >= 0.3 is 0 Å². The highest BCUT2D eigenvalue weighted by atomic mass is 35.5. The van der Waals surface area contributed by atoms with Gasteiger partial charge in [-0.2, -0.15) is 0 Å². The third kappa shape index (κ3) is 5.91. The van der Waals surface area contributed by atoms with Gasteiger partial charge in [-0.15, -0.1) is 11.6 Å². The molecular formula is C12H14Cl3NO2. The van der Waals surface area contributed by atoms with Crippen molar-refractivity contribution in [2.24, 2.45) is 0 Å². The number of rotatable bonds is 7. The molecule has 0 aliphatic carbocycles. The number of hydrogen-bond donors (Lipinski definition) is 1. The van der Waals surface area contributed by atoms with E-state index in [1.54, 1.807) is 18.2 Å². The minimum absolute atomic E-state index is 0.0807. The highest BCUT2D eigenvalue weighted by Gasteiger charge is 2.05. The number of hydrogen-bond acceptors (Lipinski definition) is 2. The summed E-state index contributed by atoms with van der Waals surface area (Å²) in [6.45, 7) is 1.42. The van der Waals surface area contributed by atoms with E-state index in [2.05, 4.69) is 5.32 Å². The van der Waals surface area contributed by atoms with Crippen LogP contribution in [0.1, 0.15) is 5.56 Å². The average molecular weight is 311 g/mol. The normalized spacial score (nSPS) is 10.4. The highest BCUT2D eigenvalue weighted by Crippen LogP contribution is 2.22. The minimum atomic E-state index is -0.0807. The van der Waals surface area contributed by atoms with Crippen LogP contribution in [-0.2, 0) is 16.0 Å². The maximum atomic E-state index is 11.6. The van der Waals surface area contributed by atoms with Crippen molar-refractivity contribution in [2.45, 2.75) is 6.42 Å². The molecule has 1 aromatic carbocycles. The Kier molecular flexibility index (Phi) is 7.44. The molecule has 1 rings (SSSR count). The number of alkyl halides is 1. The fourth-order valence-electron chi connectivity index (χ4n) is 1.32. The molecule has 100 valence electrons. The molecule has 0 fully saturated rings. The van der Waals surface area contributed by atoms with E-state index >= 15 is 0 Å². The van der Waals surface area contributed by atoms with Crippen LogP contribution >= 0.6 is 34.8 Å². The molecule has 0 saturated heterocycles. The Morgan fingerprint density at radius 1 is 1.22 bits per heavy atom. The number of ether oxygens (including phenoxy) is 1. The lowest BCUT2D eigenvalue weighted by molar-refractivity contribution is -0.120. The lowest BCUT2D eigenvalue weighted by atomic mass is 10.1. The molecule has 0 atom stereocenters. The van der Waals surface area contributed by atoms with Gasteiger partial charge in [0.05, 0.1) is 29.7 Å². The topological polar surface area (TPSA) is 38.3 Å². The van der Waals surface area contributed by atoms with E-state index < -0.39 is 0 Å². The van der Waals surface area contributed by atoms with Gasteiger partial charge in [0.25, 0.3) is 0 Å². The Hall–Kier alpha value is -0.480. The van der Waals surface area contributed by atoms with Crippen molar-refractivity contribution in [1.29, 1.82) is 0 Å². The summed E-state index contributed by atoms with van der Waals surface area (Å²) in [6.07, 6.45) is 0.270. The first-order valence-electron chi connectivity index (χ1n) is 5.48. The maximum Gasteiger partial charge on any atom is 0.224 e. The van der Waals surface area contributed by atoms with Gasteiger partial charge in [0.2, 0.25) is 5.91 Å². The summed E-state index contributed by atoms with van der Waals surface area (Å²) in [5, 5.41) is 3.67. The van der Waals surface area contributed by atoms with Gasteiger partial charge in [-0.3, -0.25) is 4.79 Å². The van der Waals surface area contributed by atoms with Gasteiger partial charge < -0.3 is 10.1 Å². The van der Waals surface area contributed by atoms with Crippen molar-refractivity contribution in [3.8, 4) is 0 Å². The first kappa shape index (κ1) is 15.6. The zero-order valence-electron chi connectivity index (χ0n) is 9.72. The lowest BCUT2D eigenvalue weighted by Crippen LogP contribution is -2.28. The molecule has 0 aromatic heterocycles. The molecule has 18 heavy (non-hydrogen) atoms. The predicted molar refractivity (Wildman–Crippen MR) is 74.7 cm³/mol. The van der Waals surface area contributed by atoms with Crippen LogP contribution in [0.4, 0.5) is 0 Å². The lowest BCUT2D eigenvalue weighted by Gasteiger charge is -2.06. The van der Waals surface area contributed by atoms with Gasteiger partial charge in [0.1, 0.15) is 0 Å². The van der Waals surface area contributed by atoms with E-state index in [0.717, 1.165) is 5.56 Å². The standard InChI is InChI=1S/C12H14Cl3NO2/c13-3-5-18-6-4-16-12(17)8-9-1-2-10(14)11(15)7-9/h1-2,7H,3-6,8H2,(H,16,17). The van der Waals surface area contributed by atoms with Crippen LogP contribution in [0.5, 0.6) is 0 Å². The van der Waals surface area contributed by atoms with Crippen LogP contribution in [0.2, 0.25) is 10.0 Å². The Balaban J connectivity index is 2.29. The molecular weight excluding hydrogens is 296 g/mol. The summed E-state index contributed by atoms with van der Waals surface area (Å²) in [7, 11) is 0. The highest BCUT2D eigenvalue weighted by molar-refractivity contribution is 6.42. The van der Waals surface area contributed by atoms with Gasteiger partial charge in [-0.05, 0) is 17.7 Å². The van der Waals surface area contributed by atoms with Gasteiger partial charge in [-0.1, -0.05) is 29.3 Å². The fraction of sp³-hybridized carbons (Fsp3) is 0.417. The van der Waals surface area contributed by atoms with Crippen LogP contribution in [0.25, 0.3) is 0 Å². The quantitative estimate of drug-likeness (QED) is 0.621. The first-order chi connectivity index (χ1) is 8.63. The zero-order valence-corrected chi connectivity index (χ0v) is 12.0. The van der Waals surface area contributed by atoms with Crippen molar-refractivity contribution in [1.82, 2.24) is 5.32 Å². The van der Waals surface area contributed by atoms with Crippen molar-refractivity contribution in [2.75, 3.05) is 25.6 Å². The van der Waals surface area contributed by atoms with Crippen molar-refractivity contribution < 1.29 is 9.53 Å². The molecule has 0 unspecified atom stereocenters. The van der Waals surface area contributed by atoms with Gasteiger partial charge in [0, 0.05) is 12.4 Å². The average Bonchev–Trinajstić information content (AvgIpc) is 2.34. The Morgan fingerprint density at radius 3 is 2.67 bits per heavy atom. The van der Waals surface area contributed by atoms with E-state index in [9.17, 15) is 4.79 Å². The third-order valence-corrected chi connectivity index (χ3v) is 3.03. The molecule has 0 spiro atoms. The number of benzene rings is 1. The molecule has 1 aromatic rings. The monoisotopic (exact) mass is 309 g/mol. The number of carbonyl (C=O) groups excluding carboxylic acids is 1. The van der Waals surface area contributed by atoms with E-state index in [1.165, 1.54) is 0 Å². The molecule has 0 bridgehead atoms. The largest absolute Gasteiger partial charge is 0.378 e. The van der Waals surface area contributed by atoms with Crippen LogP contribution in [-0.4, -0.2) is 31.5 Å². The molecule has 1 amide bonds. The summed E-state index contributed by atoms with van der Waals surface area (Å²) in [6, 6.07) is 5.14. The molecule has 0 aliphatic heterocycles. The van der Waals surface area contributed by atoms with Crippen LogP contribution in [0.15, 0.2) is 18.2 Å². The predicted octanol–water partition coefficient (Wildman–Crippen LogP) is 2.91. The van der Waals surface area contributed by atoms with Crippen LogP contribution in [0.3, 0.4) is 0 Å². The summed E-state index contributed by atoms with van der Waals surface area (Å²) in [5.74, 6) is 0.375. The molecule has 1 N–H and O–H groups in total. The molecule has 3 nitrogen and oxygen atoms in total. The zero-order chi connectivity index (χ0) is 13.4. The smallest absolute Gasteiger partial charge is 0.224 e. The van der Waals surface area contributed by atoms with Gasteiger partial charge in [0.15, 0.2) is 0 Å². The summed E-state index contributed by atoms with van der Waals surface area (Å²) in [5.41, 5.74) is 0.823. The number of halogens is 3. The summed E-state index contributed by atoms with van der Waals surface area (Å²) >= 11 is 17.1. The maximum absolute atomic E-state index is 11.6. The van der Waals surface area contributed by atoms with E-state index in [1.807, 2.05) is 0 Å². The van der Waals surface area contributed by atoms with E-state index in [-0.39, 0.29) is 12.3 Å². The summed E-state index contributed by atoms with van der Waals surface area (Å²) < 4.78 is 5.13. The minimum Gasteiger partial charge on any atom is -0.378 e. The fourth-order valence-corrected chi connectivity index (χ4v) is 1.75. The number of amides is 1. The Labute approximate surface area is 121 Å². The molecule has 0 saturated carbocycles. The van der Waals surface area contributed by atoms with Gasteiger partial charge in [-0.25, -0.2) is 0 Å². The Bertz CT molecular complexity index is 399. The molecule has 0 radical (unpaired) electrons. The SMILES string of the molecule is O=C(Cc1ccc(Cl)c(Cl)c1)NCCOCCCl. The molecule has 0 heterocycles. The second-order valence-electron chi connectivity index (χ2n) is 3.58. The van der Waals surface area contributed by atoms with Crippen molar-refractivity contribution in [3.05, 3.63) is 33.8 Å². The number of nitrogens with one attached hydrogen (secondary N) is 1. The van der Waals surface area contributed by atoms with Crippen LogP contribution in [0, 0.1) is 0 Å². The first-order valence-corrected chi connectivity index (χ1v) is 6.77. The molecule has 0 aliphatic rings. The van der Waals surface area contributed by atoms with E-state index in [4.69, 9.17) is 39.5 Å². The Morgan fingerprint density at radius 2 is 2.00 bits per heavy atom. The third-order valence-electron chi connectivity index (χ3n) is 2.14. The van der Waals surface area contributed by atoms with E-state index in [0.29, 0.717) is 35.7 Å². The summed E-state index contributed by atoms with van der Waals surface area (Å²) in [4.78, 5) is 11.6. The van der Waals surface area contributed by atoms with Crippen molar-refractivity contribution in [3.63, 3.8) is 0 Å². The number of carbonyl (C=O) groups is 1. The second kappa shape index (κ2) is 8.59. The molecule has 6 heteroatoms. The second-order valence-corrected chi connectivity index (χ2v) is 4.77.